The first-order valence-corrected chi connectivity index (χ1v) is 5.10. The lowest BCUT2D eigenvalue weighted by Gasteiger charge is -2.16. The number of primary amides is 1. The highest BCUT2D eigenvalue weighted by atomic mass is 32.2. The molecule has 0 saturated carbocycles. The topological polar surface area (TPSA) is 112 Å². The molecule has 0 saturated heterocycles. The Bertz CT molecular complexity index is 395. The first kappa shape index (κ1) is 11.4. The summed E-state index contributed by atoms with van der Waals surface area (Å²) in [5.74, 6) is 5.02. The predicted molar refractivity (Wildman–Crippen MR) is 56.6 cm³/mol. The van der Waals surface area contributed by atoms with Crippen molar-refractivity contribution >= 4 is 22.8 Å². The first-order valence-electron chi connectivity index (χ1n) is 3.88. The van der Waals surface area contributed by atoms with Gasteiger partial charge in [-0.2, -0.15) is 5.26 Å². The Morgan fingerprint density at radius 3 is 2.60 bits per heavy atom. The summed E-state index contributed by atoms with van der Waals surface area (Å²) in [6, 6.07) is 1.71. The van der Waals surface area contributed by atoms with Crippen molar-refractivity contribution in [1.29, 1.82) is 5.26 Å². The molecule has 0 unspecified atom stereocenters. The minimum absolute atomic E-state index is 0.189. The van der Waals surface area contributed by atoms with Crippen LogP contribution in [-0.2, 0) is 4.79 Å². The number of nitriles is 1. The van der Waals surface area contributed by atoms with Gasteiger partial charge < -0.3 is 5.73 Å². The van der Waals surface area contributed by atoms with Crippen LogP contribution < -0.4 is 11.6 Å². The third-order valence-electron chi connectivity index (χ3n) is 1.74. The molecule has 0 fully saturated rings. The standard InChI is InChI=1S/C7H10N6OS/c1-12-6(4(3-8)5(9)14)13(10)7(11-12)15-2/h10H2,1-2H3,(H2,9,14)/b6-4+. The summed E-state index contributed by atoms with van der Waals surface area (Å²) in [7, 11) is 1.58. The summed E-state index contributed by atoms with van der Waals surface area (Å²) in [4.78, 5) is 11.0. The molecule has 8 heteroatoms. The molecule has 1 rings (SSSR count). The van der Waals surface area contributed by atoms with Gasteiger partial charge in [0.05, 0.1) is 0 Å². The first-order chi connectivity index (χ1) is 7.02. The highest BCUT2D eigenvalue weighted by Gasteiger charge is 2.29. The molecule has 0 aromatic rings. The Kier molecular flexibility index (Phi) is 3.18. The van der Waals surface area contributed by atoms with Crippen molar-refractivity contribution in [3.63, 3.8) is 0 Å². The number of amidine groups is 1. The zero-order valence-corrected chi connectivity index (χ0v) is 9.08. The van der Waals surface area contributed by atoms with Gasteiger partial charge in [0.25, 0.3) is 5.91 Å². The highest BCUT2D eigenvalue weighted by molar-refractivity contribution is 8.13. The maximum absolute atomic E-state index is 11.0. The fourth-order valence-electron chi connectivity index (χ4n) is 1.11. The van der Waals surface area contributed by atoms with Crippen LogP contribution in [0, 0.1) is 11.3 Å². The van der Waals surface area contributed by atoms with Gasteiger partial charge in [-0.25, -0.2) is 15.9 Å². The zero-order valence-electron chi connectivity index (χ0n) is 8.26. The summed E-state index contributed by atoms with van der Waals surface area (Å²) >= 11 is 1.30. The van der Waals surface area contributed by atoms with E-state index >= 15 is 0 Å². The molecule has 0 aromatic heterocycles. The van der Waals surface area contributed by atoms with E-state index in [1.165, 1.54) is 16.8 Å². The number of hydrazine groups is 1. The van der Waals surface area contributed by atoms with Gasteiger partial charge in [0, 0.05) is 7.05 Å². The Balaban J connectivity index is 3.21. The number of rotatable bonds is 1. The second kappa shape index (κ2) is 4.20. The van der Waals surface area contributed by atoms with Crippen molar-refractivity contribution in [1.82, 2.24) is 10.0 Å². The van der Waals surface area contributed by atoms with Crippen molar-refractivity contribution < 1.29 is 4.79 Å². The van der Waals surface area contributed by atoms with E-state index < -0.39 is 5.91 Å². The van der Waals surface area contributed by atoms with E-state index in [-0.39, 0.29) is 11.4 Å². The van der Waals surface area contributed by atoms with Crippen LogP contribution in [0.25, 0.3) is 0 Å². The molecule has 0 aromatic carbocycles. The number of nitrogens with two attached hydrogens (primary N) is 2. The maximum Gasteiger partial charge on any atom is 0.263 e. The maximum atomic E-state index is 11.0. The third kappa shape index (κ3) is 1.88. The molecule has 0 aliphatic carbocycles. The van der Waals surface area contributed by atoms with E-state index in [2.05, 4.69) is 5.10 Å². The van der Waals surface area contributed by atoms with E-state index in [1.807, 2.05) is 0 Å². The van der Waals surface area contributed by atoms with Crippen molar-refractivity contribution in [3.8, 4) is 6.07 Å². The summed E-state index contributed by atoms with van der Waals surface area (Å²) in [5.41, 5.74) is 4.84. The van der Waals surface area contributed by atoms with Crippen molar-refractivity contribution in [2.75, 3.05) is 13.3 Å². The van der Waals surface area contributed by atoms with Crippen molar-refractivity contribution in [3.05, 3.63) is 11.4 Å². The van der Waals surface area contributed by atoms with Crippen LogP contribution in [0.1, 0.15) is 0 Å². The average molecular weight is 226 g/mol. The Labute approximate surface area is 90.9 Å². The lowest BCUT2D eigenvalue weighted by atomic mass is 10.2. The van der Waals surface area contributed by atoms with Crippen molar-refractivity contribution in [2.45, 2.75) is 0 Å². The van der Waals surface area contributed by atoms with E-state index in [0.29, 0.717) is 5.17 Å². The smallest absolute Gasteiger partial charge is 0.263 e. The fourth-order valence-corrected chi connectivity index (χ4v) is 1.59. The summed E-state index contributed by atoms with van der Waals surface area (Å²) in [6.45, 7) is 0. The molecule has 0 atom stereocenters. The second-order valence-electron chi connectivity index (χ2n) is 2.65. The lowest BCUT2D eigenvalue weighted by molar-refractivity contribution is -0.114. The molecule has 15 heavy (non-hydrogen) atoms. The minimum atomic E-state index is -0.827. The molecule has 1 amide bonds. The number of carbonyl (C=O) groups excluding carboxylic acids is 1. The third-order valence-corrected chi connectivity index (χ3v) is 2.38. The van der Waals surface area contributed by atoms with Crippen LogP contribution in [0.4, 0.5) is 0 Å². The van der Waals surface area contributed by atoms with Crippen LogP contribution in [0.5, 0.6) is 0 Å². The van der Waals surface area contributed by atoms with Crippen LogP contribution in [0.2, 0.25) is 0 Å². The molecule has 0 radical (unpaired) electrons. The quantitative estimate of drug-likeness (QED) is 0.335. The van der Waals surface area contributed by atoms with Gasteiger partial charge in [0.1, 0.15) is 6.07 Å². The number of hydrazone groups is 1. The fraction of sp³-hybridized carbons (Fsp3) is 0.286. The Hall–Kier alpha value is -1.72. The van der Waals surface area contributed by atoms with Crippen LogP contribution in [0.3, 0.4) is 0 Å². The van der Waals surface area contributed by atoms with Gasteiger partial charge >= 0.3 is 0 Å². The van der Waals surface area contributed by atoms with Gasteiger partial charge in [-0.1, -0.05) is 11.8 Å². The Morgan fingerprint density at radius 2 is 2.27 bits per heavy atom. The molecule has 7 nitrogen and oxygen atoms in total. The summed E-state index contributed by atoms with van der Waals surface area (Å²) in [6.07, 6.45) is 1.78. The normalized spacial score (nSPS) is 18.7. The number of carbonyl (C=O) groups is 1. The molecule has 4 N–H and O–H groups in total. The van der Waals surface area contributed by atoms with E-state index in [9.17, 15) is 4.79 Å². The second-order valence-corrected chi connectivity index (χ2v) is 3.43. The van der Waals surface area contributed by atoms with Gasteiger partial charge in [0.15, 0.2) is 11.4 Å². The number of thioether (sulfide) groups is 1. The van der Waals surface area contributed by atoms with E-state index in [0.717, 1.165) is 5.01 Å². The number of amides is 1. The highest BCUT2D eigenvalue weighted by Crippen LogP contribution is 2.22. The van der Waals surface area contributed by atoms with Crippen LogP contribution in [-0.4, -0.2) is 34.4 Å². The zero-order chi connectivity index (χ0) is 11.6. The molecule has 1 heterocycles. The number of hydrogen-bond donors (Lipinski definition) is 2. The van der Waals surface area contributed by atoms with Crippen molar-refractivity contribution in [2.24, 2.45) is 16.7 Å². The van der Waals surface area contributed by atoms with Gasteiger partial charge in [-0.15, -0.1) is 5.10 Å². The van der Waals surface area contributed by atoms with Gasteiger partial charge in [0.2, 0.25) is 5.17 Å². The molecular weight excluding hydrogens is 216 g/mol. The van der Waals surface area contributed by atoms with E-state index in [4.69, 9.17) is 16.8 Å². The van der Waals surface area contributed by atoms with Gasteiger partial charge in [-0.05, 0) is 6.26 Å². The lowest BCUT2D eigenvalue weighted by Crippen LogP contribution is -2.35. The average Bonchev–Trinajstić information content (AvgIpc) is 2.45. The minimum Gasteiger partial charge on any atom is -0.365 e. The van der Waals surface area contributed by atoms with Gasteiger partial charge in [-0.3, -0.25) is 4.79 Å². The van der Waals surface area contributed by atoms with Crippen LogP contribution >= 0.6 is 11.8 Å². The molecule has 0 spiro atoms. The molecule has 1 aliphatic heterocycles. The largest absolute Gasteiger partial charge is 0.365 e. The van der Waals surface area contributed by atoms with E-state index in [1.54, 1.807) is 19.4 Å². The molecule has 80 valence electrons. The molecule has 0 bridgehead atoms. The predicted octanol–water partition coefficient (Wildman–Crippen LogP) is -1.04. The number of hydrogen-bond acceptors (Lipinski definition) is 7. The molecule has 1 aliphatic rings. The SMILES string of the molecule is CSC1=NN(C)/C(=C(/C#N)C(N)=O)N1N. The monoisotopic (exact) mass is 226 g/mol. The number of nitrogens with zero attached hydrogens (tertiary/aromatic N) is 4. The summed E-state index contributed by atoms with van der Waals surface area (Å²) < 4.78 is 0. The van der Waals surface area contributed by atoms with Crippen LogP contribution in [0.15, 0.2) is 16.5 Å². The summed E-state index contributed by atoms with van der Waals surface area (Å²) in [5, 5.41) is 15.8. The molecular formula is C7H10N6OS. The Morgan fingerprint density at radius 1 is 1.67 bits per heavy atom.